The molecule has 0 aliphatic carbocycles. The molecule has 1 N–H and O–H groups in total. The molecule has 25 heavy (non-hydrogen) atoms. The van der Waals surface area contributed by atoms with Crippen LogP contribution in [0.25, 0.3) is 11.5 Å². The van der Waals surface area contributed by atoms with Crippen LogP contribution in [-0.4, -0.2) is 21.9 Å². The maximum atomic E-state index is 13.5. The summed E-state index contributed by atoms with van der Waals surface area (Å²) in [6, 6.07) is 12.0. The second kappa shape index (κ2) is 7.79. The molecular weight excluding hydrogens is 409 g/mol. The lowest BCUT2D eigenvalue weighted by Crippen LogP contribution is -2.15. The van der Waals surface area contributed by atoms with Crippen LogP contribution in [0, 0.1) is 12.7 Å². The maximum absolute atomic E-state index is 13.5. The predicted octanol–water partition coefficient (Wildman–Crippen LogP) is 4.68. The third-order valence-electron chi connectivity index (χ3n) is 3.37. The SMILES string of the molecule is Cc1c(F)cccc1NC(=O)CSc1nnc(-c2ccc(Br)cc2)o1. The van der Waals surface area contributed by atoms with Crippen molar-refractivity contribution >= 4 is 39.3 Å². The quantitative estimate of drug-likeness (QED) is 0.605. The molecule has 0 atom stereocenters. The highest BCUT2D eigenvalue weighted by Crippen LogP contribution is 2.25. The Labute approximate surface area is 156 Å². The van der Waals surface area contributed by atoms with Gasteiger partial charge in [0.25, 0.3) is 5.22 Å². The Balaban J connectivity index is 1.59. The minimum Gasteiger partial charge on any atom is -0.411 e. The fourth-order valence-electron chi connectivity index (χ4n) is 2.03. The van der Waals surface area contributed by atoms with Crippen molar-refractivity contribution in [2.24, 2.45) is 0 Å². The normalized spacial score (nSPS) is 10.7. The molecule has 0 radical (unpaired) electrons. The predicted molar refractivity (Wildman–Crippen MR) is 97.9 cm³/mol. The number of carbonyl (C=O) groups excluding carboxylic acids is 1. The topological polar surface area (TPSA) is 68.0 Å². The first-order valence-corrected chi connectivity index (χ1v) is 9.08. The molecule has 0 aliphatic rings. The van der Waals surface area contributed by atoms with Crippen LogP contribution in [0.1, 0.15) is 5.56 Å². The molecule has 1 amide bonds. The van der Waals surface area contributed by atoms with E-state index in [9.17, 15) is 9.18 Å². The lowest BCUT2D eigenvalue weighted by Gasteiger charge is -2.07. The molecular formula is C17H13BrFN3O2S. The van der Waals surface area contributed by atoms with Crippen molar-refractivity contribution in [1.29, 1.82) is 0 Å². The fourth-order valence-corrected chi connectivity index (χ4v) is 2.86. The molecule has 0 spiro atoms. The molecule has 0 saturated heterocycles. The van der Waals surface area contributed by atoms with Gasteiger partial charge in [-0.15, -0.1) is 10.2 Å². The second-order valence-electron chi connectivity index (χ2n) is 5.13. The summed E-state index contributed by atoms with van der Waals surface area (Å²) in [5.74, 6) is -0.169. The number of hydrogen-bond donors (Lipinski definition) is 1. The molecule has 0 fully saturated rings. The van der Waals surface area contributed by atoms with Crippen molar-refractivity contribution in [3.8, 4) is 11.5 Å². The summed E-state index contributed by atoms with van der Waals surface area (Å²) in [6.07, 6.45) is 0. The van der Waals surface area contributed by atoms with Crippen LogP contribution in [-0.2, 0) is 4.79 Å². The smallest absolute Gasteiger partial charge is 0.277 e. The van der Waals surface area contributed by atoms with Gasteiger partial charge < -0.3 is 9.73 Å². The highest BCUT2D eigenvalue weighted by molar-refractivity contribution is 9.10. The number of anilines is 1. The largest absolute Gasteiger partial charge is 0.411 e. The molecule has 0 saturated carbocycles. The van der Waals surface area contributed by atoms with Gasteiger partial charge in [0.05, 0.1) is 5.75 Å². The third-order valence-corrected chi connectivity index (χ3v) is 4.71. The molecule has 8 heteroatoms. The molecule has 1 heterocycles. The Morgan fingerprint density at radius 2 is 2.00 bits per heavy atom. The number of thioether (sulfide) groups is 1. The summed E-state index contributed by atoms with van der Waals surface area (Å²) in [5.41, 5.74) is 1.64. The van der Waals surface area contributed by atoms with Gasteiger partial charge in [0.2, 0.25) is 11.8 Å². The number of amides is 1. The number of nitrogens with one attached hydrogen (secondary N) is 1. The van der Waals surface area contributed by atoms with E-state index in [1.165, 1.54) is 6.07 Å². The first-order valence-electron chi connectivity index (χ1n) is 7.30. The van der Waals surface area contributed by atoms with Crippen molar-refractivity contribution in [2.45, 2.75) is 12.1 Å². The number of carbonyl (C=O) groups is 1. The highest BCUT2D eigenvalue weighted by Gasteiger charge is 2.12. The zero-order valence-corrected chi connectivity index (χ0v) is 15.5. The molecule has 5 nitrogen and oxygen atoms in total. The molecule has 128 valence electrons. The summed E-state index contributed by atoms with van der Waals surface area (Å²) in [5, 5.41) is 10.9. The van der Waals surface area contributed by atoms with Gasteiger partial charge >= 0.3 is 0 Å². The first kappa shape index (κ1) is 17.6. The van der Waals surface area contributed by atoms with Gasteiger partial charge in [-0.2, -0.15) is 0 Å². The van der Waals surface area contributed by atoms with E-state index < -0.39 is 0 Å². The zero-order valence-electron chi connectivity index (χ0n) is 13.1. The van der Waals surface area contributed by atoms with Gasteiger partial charge in [0.15, 0.2) is 0 Å². The third kappa shape index (κ3) is 4.46. The van der Waals surface area contributed by atoms with Gasteiger partial charge in [-0.1, -0.05) is 33.8 Å². The lowest BCUT2D eigenvalue weighted by molar-refractivity contribution is -0.113. The molecule has 3 aromatic rings. The number of nitrogens with zero attached hydrogens (tertiary/aromatic N) is 2. The van der Waals surface area contributed by atoms with Crippen molar-refractivity contribution < 1.29 is 13.6 Å². The average molecular weight is 422 g/mol. The van der Waals surface area contributed by atoms with E-state index in [1.807, 2.05) is 24.3 Å². The van der Waals surface area contributed by atoms with E-state index >= 15 is 0 Å². The monoisotopic (exact) mass is 421 g/mol. The van der Waals surface area contributed by atoms with Crippen LogP contribution in [0.15, 0.2) is 56.6 Å². The number of benzene rings is 2. The van der Waals surface area contributed by atoms with Crippen LogP contribution in [0.4, 0.5) is 10.1 Å². The van der Waals surface area contributed by atoms with Crippen molar-refractivity contribution in [3.05, 3.63) is 58.3 Å². The van der Waals surface area contributed by atoms with Crippen molar-refractivity contribution in [1.82, 2.24) is 10.2 Å². The van der Waals surface area contributed by atoms with E-state index in [-0.39, 0.29) is 17.5 Å². The van der Waals surface area contributed by atoms with Crippen LogP contribution in [0.3, 0.4) is 0 Å². The Morgan fingerprint density at radius 3 is 2.76 bits per heavy atom. The summed E-state index contributed by atoms with van der Waals surface area (Å²) >= 11 is 4.48. The average Bonchev–Trinajstić information content (AvgIpc) is 3.07. The van der Waals surface area contributed by atoms with Gasteiger partial charge in [-0.3, -0.25) is 4.79 Å². The highest BCUT2D eigenvalue weighted by atomic mass is 79.9. The molecule has 3 rings (SSSR count). The van der Waals surface area contributed by atoms with Crippen LogP contribution >= 0.6 is 27.7 Å². The molecule has 0 aliphatic heterocycles. The minimum atomic E-state index is -0.360. The Bertz CT molecular complexity index is 899. The lowest BCUT2D eigenvalue weighted by atomic mass is 10.2. The first-order chi connectivity index (χ1) is 12.0. The summed E-state index contributed by atoms with van der Waals surface area (Å²) in [4.78, 5) is 12.0. The Hall–Kier alpha value is -2.19. The standard InChI is InChI=1S/C17H13BrFN3O2S/c1-10-13(19)3-2-4-14(10)20-15(23)9-25-17-22-21-16(24-17)11-5-7-12(18)8-6-11/h2-8H,9H2,1H3,(H,20,23). The molecule has 1 aromatic heterocycles. The van der Waals surface area contributed by atoms with E-state index in [0.29, 0.717) is 22.4 Å². The fraction of sp³-hybridized carbons (Fsp3) is 0.118. The molecule has 0 bridgehead atoms. The van der Waals surface area contributed by atoms with Crippen LogP contribution in [0.5, 0.6) is 0 Å². The van der Waals surface area contributed by atoms with Crippen molar-refractivity contribution in [3.63, 3.8) is 0 Å². The van der Waals surface area contributed by atoms with Gasteiger partial charge in [0.1, 0.15) is 5.82 Å². The van der Waals surface area contributed by atoms with Crippen molar-refractivity contribution in [2.75, 3.05) is 11.1 Å². The summed E-state index contributed by atoms with van der Waals surface area (Å²) in [7, 11) is 0. The Kier molecular flexibility index (Phi) is 5.50. The van der Waals surface area contributed by atoms with Gasteiger partial charge in [-0.25, -0.2) is 4.39 Å². The summed E-state index contributed by atoms with van der Waals surface area (Å²) in [6.45, 7) is 1.61. The number of aromatic nitrogens is 2. The second-order valence-corrected chi connectivity index (χ2v) is 6.97. The minimum absolute atomic E-state index is 0.0813. The number of rotatable bonds is 5. The van der Waals surface area contributed by atoms with Gasteiger partial charge in [-0.05, 0) is 43.3 Å². The summed E-state index contributed by atoms with van der Waals surface area (Å²) < 4.78 is 20.0. The zero-order chi connectivity index (χ0) is 17.8. The van der Waals surface area contributed by atoms with Gasteiger partial charge in [0, 0.05) is 21.3 Å². The Morgan fingerprint density at radius 1 is 1.24 bits per heavy atom. The maximum Gasteiger partial charge on any atom is 0.277 e. The van der Waals surface area contributed by atoms with E-state index in [1.54, 1.807) is 19.1 Å². The number of hydrogen-bond acceptors (Lipinski definition) is 5. The molecule has 2 aromatic carbocycles. The van der Waals surface area contributed by atoms with E-state index in [2.05, 4.69) is 31.4 Å². The van der Waals surface area contributed by atoms with E-state index in [0.717, 1.165) is 21.8 Å². The van der Waals surface area contributed by atoms with Crippen LogP contribution < -0.4 is 5.32 Å². The van der Waals surface area contributed by atoms with E-state index in [4.69, 9.17) is 4.42 Å². The van der Waals surface area contributed by atoms with Crippen LogP contribution in [0.2, 0.25) is 0 Å². The molecule has 0 unspecified atom stereocenters. The number of halogens is 2.